The summed E-state index contributed by atoms with van der Waals surface area (Å²) >= 11 is 0. The molecule has 1 aromatic heterocycles. The molecule has 2 amide bonds. The number of likely N-dealkylation sites (N-methyl/N-ethyl adjacent to an activating group) is 1. The van der Waals surface area contributed by atoms with Gasteiger partial charge in [0.1, 0.15) is 11.8 Å². The SMILES string of the molecule is COc1ccccc1C(CNC(=O)C(C)NC(=O)c1ccco1)N(C)C. The van der Waals surface area contributed by atoms with E-state index in [1.54, 1.807) is 26.2 Å². The number of carbonyl (C=O) groups is 2. The molecule has 7 nitrogen and oxygen atoms in total. The van der Waals surface area contributed by atoms with E-state index >= 15 is 0 Å². The second kappa shape index (κ2) is 9.05. The quantitative estimate of drug-likeness (QED) is 0.751. The molecule has 2 unspecified atom stereocenters. The Balaban J connectivity index is 1.97. The number of hydrogen-bond donors (Lipinski definition) is 2. The predicted molar refractivity (Wildman–Crippen MR) is 98.1 cm³/mol. The number of ether oxygens (including phenoxy) is 1. The monoisotopic (exact) mass is 359 g/mol. The van der Waals surface area contributed by atoms with Gasteiger partial charge < -0.3 is 24.7 Å². The molecule has 1 heterocycles. The number of hydrogen-bond acceptors (Lipinski definition) is 5. The van der Waals surface area contributed by atoms with E-state index in [0.717, 1.165) is 11.3 Å². The van der Waals surface area contributed by atoms with E-state index in [4.69, 9.17) is 9.15 Å². The second-order valence-electron chi connectivity index (χ2n) is 6.14. The highest BCUT2D eigenvalue weighted by Crippen LogP contribution is 2.27. The lowest BCUT2D eigenvalue weighted by Crippen LogP contribution is -2.46. The summed E-state index contributed by atoms with van der Waals surface area (Å²) in [6, 6.07) is 10.1. The molecule has 2 aromatic rings. The summed E-state index contributed by atoms with van der Waals surface area (Å²) in [7, 11) is 5.49. The van der Waals surface area contributed by atoms with Gasteiger partial charge >= 0.3 is 0 Å². The molecule has 2 atom stereocenters. The Hall–Kier alpha value is -2.80. The summed E-state index contributed by atoms with van der Waals surface area (Å²) in [4.78, 5) is 26.3. The molecule has 0 bridgehead atoms. The van der Waals surface area contributed by atoms with E-state index in [9.17, 15) is 9.59 Å². The molecule has 7 heteroatoms. The van der Waals surface area contributed by atoms with Crippen molar-refractivity contribution in [2.24, 2.45) is 0 Å². The third-order valence-electron chi connectivity index (χ3n) is 4.08. The molecule has 0 saturated carbocycles. The lowest BCUT2D eigenvalue weighted by Gasteiger charge is -2.27. The normalized spacial score (nSPS) is 13.1. The van der Waals surface area contributed by atoms with E-state index in [1.165, 1.54) is 6.26 Å². The van der Waals surface area contributed by atoms with Crippen LogP contribution in [0, 0.1) is 0 Å². The first-order chi connectivity index (χ1) is 12.4. The number of rotatable bonds is 8. The van der Waals surface area contributed by atoms with Crippen molar-refractivity contribution >= 4 is 11.8 Å². The highest BCUT2D eigenvalue weighted by molar-refractivity contribution is 5.95. The van der Waals surface area contributed by atoms with Crippen molar-refractivity contribution in [2.75, 3.05) is 27.7 Å². The Morgan fingerprint density at radius 3 is 2.54 bits per heavy atom. The molecule has 0 aliphatic heterocycles. The van der Waals surface area contributed by atoms with Gasteiger partial charge in [0.25, 0.3) is 5.91 Å². The van der Waals surface area contributed by atoms with E-state index in [2.05, 4.69) is 10.6 Å². The molecule has 0 aliphatic carbocycles. The third-order valence-corrected chi connectivity index (χ3v) is 4.08. The van der Waals surface area contributed by atoms with Gasteiger partial charge in [-0.25, -0.2) is 0 Å². The first-order valence-corrected chi connectivity index (χ1v) is 8.35. The standard InChI is InChI=1S/C19H25N3O4/c1-13(21-19(24)17-10-7-11-26-17)18(23)20-12-15(22(2)3)14-8-5-6-9-16(14)25-4/h5-11,13,15H,12H2,1-4H3,(H,20,23)(H,21,24). The third kappa shape index (κ3) is 4.86. The van der Waals surface area contributed by atoms with Crippen molar-refractivity contribution in [2.45, 2.75) is 19.0 Å². The Kier molecular flexibility index (Phi) is 6.80. The van der Waals surface area contributed by atoms with E-state index in [0.29, 0.717) is 6.54 Å². The Morgan fingerprint density at radius 2 is 1.92 bits per heavy atom. The number of furan rings is 1. The molecule has 0 saturated heterocycles. The summed E-state index contributed by atoms with van der Waals surface area (Å²) < 4.78 is 10.4. The van der Waals surface area contributed by atoms with E-state index < -0.39 is 11.9 Å². The van der Waals surface area contributed by atoms with Crippen LogP contribution < -0.4 is 15.4 Å². The van der Waals surface area contributed by atoms with Gasteiger partial charge in [-0.15, -0.1) is 0 Å². The maximum absolute atomic E-state index is 12.4. The number of para-hydroxylation sites is 1. The van der Waals surface area contributed by atoms with Crippen molar-refractivity contribution in [3.63, 3.8) is 0 Å². The molecule has 1 aromatic carbocycles. The first-order valence-electron chi connectivity index (χ1n) is 8.35. The summed E-state index contributed by atoms with van der Waals surface area (Å²) in [5.41, 5.74) is 0.979. The predicted octanol–water partition coefficient (Wildman–Crippen LogP) is 1.83. The Labute approximate surface area is 153 Å². The zero-order valence-corrected chi connectivity index (χ0v) is 15.5. The summed E-state index contributed by atoms with van der Waals surface area (Å²) in [5, 5.41) is 5.50. The van der Waals surface area contributed by atoms with Crippen LogP contribution in [0.5, 0.6) is 5.75 Å². The van der Waals surface area contributed by atoms with Crippen LogP contribution >= 0.6 is 0 Å². The van der Waals surface area contributed by atoms with Gasteiger partial charge in [-0.05, 0) is 39.2 Å². The number of nitrogens with zero attached hydrogens (tertiary/aromatic N) is 1. The molecule has 0 radical (unpaired) electrons. The maximum Gasteiger partial charge on any atom is 0.287 e. The molecule has 0 spiro atoms. The van der Waals surface area contributed by atoms with Gasteiger partial charge in [-0.2, -0.15) is 0 Å². The zero-order chi connectivity index (χ0) is 19.1. The van der Waals surface area contributed by atoms with Gasteiger partial charge in [0.15, 0.2) is 5.76 Å². The number of benzene rings is 1. The summed E-state index contributed by atoms with van der Waals surface area (Å²) in [6.45, 7) is 2.01. The van der Waals surface area contributed by atoms with Crippen molar-refractivity contribution in [1.82, 2.24) is 15.5 Å². The fourth-order valence-electron chi connectivity index (χ4n) is 2.60. The van der Waals surface area contributed by atoms with Gasteiger partial charge in [0, 0.05) is 12.1 Å². The summed E-state index contributed by atoms with van der Waals surface area (Å²) in [6.07, 6.45) is 1.41. The van der Waals surface area contributed by atoms with Crippen LogP contribution in [0.3, 0.4) is 0 Å². The van der Waals surface area contributed by atoms with Crippen LogP contribution in [-0.2, 0) is 4.79 Å². The zero-order valence-electron chi connectivity index (χ0n) is 15.5. The van der Waals surface area contributed by atoms with E-state index in [-0.39, 0.29) is 17.7 Å². The first kappa shape index (κ1) is 19.5. The lowest BCUT2D eigenvalue weighted by molar-refractivity contribution is -0.122. The van der Waals surface area contributed by atoms with Crippen LogP contribution in [0.1, 0.15) is 29.1 Å². The van der Waals surface area contributed by atoms with Crippen molar-refractivity contribution in [3.8, 4) is 5.75 Å². The summed E-state index contributed by atoms with van der Waals surface area (Å²) in [5.74, 6) is 0.239. The minimum atomic E-state index is -0.687. The van der Waals surface area contributed by atoms with Crippen LogP contribution in [0.4, 0.5) is 0 Å². The van der Waals surface area contributed by atoms with Gasteiger partial charge in [-0.1, -0.05) is 18.2 Å². The maximum atomic E-state index is 12.4. The van der Waals surface area contributed by atoms with E-state index in [1.807, 2.05) is 43.3 Å². The Bertz CT molecular complexity index is 728. The minimum absolute atomic E-state index is 0.0666. The smallest absolute Gasteiger partial charge is 0.287 e. The number of methoxy groups -OCH3 is 1. The largest absolute Gasteiger partial charge is 0.496 e. The highest BCUT2D eigenvalue weighted by atomic mass is 16.5. The average molecular weight is 359 g/mol. The molecule has 2 N–H and O–H groups in total. The molecule has 140 valence electrons. The lowest BCUT2D eigenvalue weighted by atomic mass is 10.0. The molecule has 2 rings (SSSR count). The molecule has 0 aliphatic rings. The molecular formula is C19H25N3O4. The number of carbonyl (C=O) groups excluding carboxylic acids is 2. The van der Waals surface area contributed by atoms with Crippen LogP contribution in [0.15, 0.2) is 47.1 Å². The van der Waals surface area contributed by atoms with Crippen molar-refractivity contribution < 1.29 is 18.7 Å². The topological polar surface area (TPSA) is 83.8 Å². The van der Waals surface area contributed by atoms with Crippen molar-refractivity contribution in [1.29, 1.82) is 0 Å². The fourth-order valence-corrected chi connectivity index (χ4v) is 2.60. The highest BCUT2D eigenvalue weighted by Gasteiger charge is 2.22. The minimum Gasteiger partial charge on any atom is -0.496 e. The molecule has 26 heavy (non-hydrogen) atoms. The Morgan fingerprint density at radius 1 is 1.19 bits per heavy atom. The second-order valence-corrected chi connectivity index (χ2v) is 6.14. The van der Waals surface area contributed by atoms with Crippen LogP contribution in [0.25, 0.3) is 0 Å². The fraction of sp³-hybridized carbons (Fsp3) is 0.368. The average Bonchev–Trinajstić information content (AvgIpc) is 3.16. The van der Waals surface area contributed by atoms with Crippen LogP contribution in [0.2, 0.25) is 0 Å². The van der Waals surface area contributed by atoms with Gasteiger partial charge in [0.2, 0.25) is 5.91 Å². The molecular weight excluding hydrogens is 334 g/mol. The number of nitrogens with one attached hydrogen (secondary N) is 2. The molecule has 0 fully saturated rings. The van der Waals surface area contributed by atoms with Crippen molar-refractivity contribution in [3.05, 3.63) is 54.0 Å². The van der Waals surface area contributed by atoms with Gasteiger partial charge in [0.05, 0.1) is 19.4 Å². The van der Waals surface area contributed by atoms with Gasteiger partial charge in [-0.3, -0.25) is 9.59 Å². The van der Waals surface area contributed by atoms with Crippen LogP contribution in [-0.4, -0.2) is 50.5 Å². The number of amides is 2.